The SMILES string of the molecule is COc1ccc(/C=C(\C#N)C(=O)Nc2cc(Cl)ccc2Cl)cc1OCc1ccccc1Cl. The third-order valence-electron chi connectivity index (χ3n) is 4.38. The van der Waals surface area contributed by atoms with Crippen molar-refractivity contribution in [1.29, 1.82) is 5.26 Å². The highest BCUT2D eigenvalue weighted by Crippen LogP contribution is 2.31. The topological polar surface area (TPSA) is 71.3 Å². The second-order valence-electron chi connectivity index (χ2n) is 6.54. The highest BCUT2D eigenvalue weighted by atomic mass is 35.5. The van der Waals surface area contributed by atoms with E-state index in [2.05, 4.69) is 5.32 Å². The fraction of sp³-hybridized carbons (Fsp3) is 0.0833. The van der Waals surface area contributed by atoms with Crippen molar-refractivity contribution in [3.8, 4) is 17.6 Å². The Bertz CT molecular complexity index is 1220. The van der Waals surface area contributed by atoms with Crippen molar-refractivity contribution < 1.29 is 14.3 Å². The average Bonchev–Trinajstić information content (AvgIpc) is 2.79. The maximum atomic E-state index is 12.6. The predicted octanol–water partition coefficient (Wildman–Crippen LogP) is 6.78. The molecule has 1 amide bonds. The summed E-state index contributed by atoms with van der Waals surface area (Å²) in [6, 6.07) is 19.0. The largest absolute Gasteiger partial charge is 0.493 e. The number of benzene rings is 3. The molecule has 162 valence electrons. The van der Waals surface area contributed by atoms with E-state index < -0.39 is 5.91 Å². The monoisotopic (exact) mass is 486 g/mol. The number of hydrogen-bond donors (Lipinski definition) is 1. The number of nitrogens with one attached hydrogen (secondary N) is 1. The van der Waals surface area contributed by atoms with Crippen LogP contribution < -0.4 is 14.8 Å². The van der Waals surface area contributed by atoms with Crippen LogP contribution in [-0.4, -0.2) is 13.0 Å². The van der Waals surface area contributed by atoms with Crippen molar-refractivity contribution in [2.45, 2.75) is 6.61 Å². The Morgan fingerprint density at radius 1 is 1.03 bits per heavy atom. The normalized spacial score (nSPS) is 10.9. The van der Waals surface area contributed by atoms with Crippen LogP contribution in [0.25, 0.3) is 6.08 Å². The summed E-state index contributed by atoms with van der Waals surface area (Å²) in [6.45, 7) is 0.224. The summed E-state index contributed by atoms with van der Waals surface area (Å²) in [4.78, 5) is 12.6. The summed E-state index contributed by atoms with van der Waals surface area (Å²) in [5, 5.41) is 13.4. The molecule has 32 heavy (non-hydrogen) atoms. The van der Waals surface area contributed by atoms with E-state index in [1.807, 2.05) is 24.3 Å². The van der Waals surface area contributed by atoms with E-state index in [9.17, 15) is 10.1 Å². The molecule has 3 rings (SSSR count). The number of methoxy groups -OCH3 is 1. The lowest BCUT2D eigenvalue weighted by Crippen LogP contribution is -2.13. The van der Waals surface area contributed by atoms with Crippen LogP contribution in [0, 0.1) is 11.3 Å². The van der Waals surface area contributed by atoms with Crippen LogP contribution in [0.1, 0.15) is 11.1 Å². The average molecular weight is 488 g/mol. The van der Waals surface area contributed by atoms with Gasteiger partial charge in [0.1, 0.15) is 18.2 Å². The maximum absolute atomic E-state index is 12.6. The van der Waals surface area contributed by atoms with Gasteiger partial charge in [0.2, 0.25) is 0 Å². The molecule has 5 nitrogen and oxygen atoms in total. The molecule has 0 fully saturated rings. The van der Waals surface area contributed by atoms with Gasteiger partial charge >= 0.3 is 0 Å². The molecule has 0 spiro atoms. The number of nitrogens with zero attached hydrogens (tertiary/aromatic N) is 1. The fourth-order valence-electron chi connectivity index (χ4n) is 2.77. The minimum Gasteiger partial charge on any atom is -0.493 e. The number of ether oxygens (including phenoxy) is 2. The minimum atomic E-state index is -0.619. The van der Waals surface area contributed by atoms with Crippen LogP contribution in [0.2, 0.25) is 15.1 Å². The van der Waals surface area contributed by atoms with Crippen LogP contribution >= 0.6 is 34.8 Å². The Morgan fingerprint density at radius 2 is 1.81 bits per heavy atom. The van der Waals surface area contributed by atoms with Gasteiger partial charge in [0.05, 0.1) is 17.8 Å². The minimum absolute atomic E-state index is 0.122. The molecule has 0 radical (unpaired) electrons. The molecule has 0 aliphatic heterocycles. The molecule has 0 unspecified atom stereocenters. The number of nitriles is 1. The number of amides is 1. The number of carbonyl (C=O) groups excluding carboxylic acids is 1. The van der Waals surface area contributed by atoms with Gasteiger partial charge < -0.3 is 14.8 Å². The van der Waals surface area contributed by atoms with E-state index >= 15 is 0 Å². The van der Waals surface area contributed by atoms with Crippen LogP contribution in [0.5, 0.6) is 11.5 Å². The zero-order valence-corrected chi connectivity index (χ0v) is 19.1. The second kappa shape index (κ2) is 10.9. The van der Waals surface area contributed by atoms with Crippen molar-refractivity contribution in [3.63, 3.8) is 0 Å². The van der Waals surface area contributed by atoms with Crippen LogP contribution in [0.15, 0.2) is 66.2 Å². The molecule has 0 heterocycles. The van der Waals surface area contributed by atoms with Crippen molar-refractivity contribution in [1.82, 2.24) is 0 Å². The van der Waals surface area contributed by atoms with Gasteiger partial charge in [-0.1, -0.05) is 59.1 Å². The molecular weight excluding hydrogens is 471 g/mol. The van der Waals surface area contributed by atoms with Crippen molar-refractivity contribution >= 4 is 52.5 Å². The van der Waals surface area contributed by atoms with Gasteiger partial charge in [-0.3, -0.25) is 4.79 Å². The van der Waals surface area contributed by atoms with Gasteiger partial charge in [0.15, 0.2) is 11.5 Å². The van der Waals surface area contributed by atoms with Crippen LogP contribution in [-0.2, 0) is 11.4 Å². The van der Waals surface area contributed by atoms with E-state index in [-0.39, 0.29) is 12.2 Å². The highest BCUT2D eigenvalue weighted by molar-refractivity contribution is 6.36. The first kappa shape index (κ1) is 23.5. The van der Waals surface area contributed by atoms with E-state index in [0.29, 0.717) is 37.8 Å². The predicted molar refractivity (Wildman–Crippen MR) is 127 cm³/mol. The molecular formula is C24H17Cl3N2O3. The summed E-state index contributed by atoms with van der Waals surface area (Å²) in [7, 11) is 1.52. The lowest BCUT2D eigenvalue weighted by Gasteiger charge is -2.12. The Hall–Kier alpha value is -3.17. The van der Waals surface area contributed by atoms with Crippen molar-refractivity contribution in [2.24, 2.45) is 0 Å². The van der Waals surface area contributed by atoms with Crippen molar-refractivity contribution in [2.75, 3.05) is 12.4 Å². The first-order valence-electron chi connectivity index (χ1n) is 9.33. The number of anilines is 1. The lowest BCUT2D eigenvalue weighted by atomic mass is 10.1. The second-order valence-corrected chi connectivity index (χ2v) is 7.79. The molecule has 3 aromatic rings. The van der Waals surface area contributed by atoms with E-state index in [0.717, 1.165) is 5.56 Å². The van der Waals surface area contributed by atoms with E-state index in [4.69, 9.17) is 44.3 Å². The molecule has 1 N–H and O–H groups in total. The summed E-state index contributed by atoms with van der Waals surface area (Å²) < 4.78 is 11.2. The Kier molecular flexibility index (Phi) is 8.02. The van der Waals surface area contributed by atoms with Gasteiger partial charge in [-0.2, -0.15) is 5.26 Å². The third-order valence-corrected chi connectivity index (χ3v) is 5.31. The fourth-order valence-corrected chi connectivity index (χ4v) is 3.29. The standard InChI is InChI=1S/C24H17Cl3N2O3/c1-31-22-9-6-15(11-23(22)32-14-16-4-2-3-5-19(16)26)10-17(13-28)24(30)29-21-12-18(25)7-8-20(21)27/h2-12H,14H2,1H3,(H,29,30)/b17-10+. The zero-order valence-electron chi connectivity index (χ0n) is 16.9. The lowest BCUT2D eigenvalue weighted by molar-refractivity contribution is -0.112. The zero-order chi connectivity index (χ0) is 23.1. The molecule has 0 saturated carbocycles. The van der Waals surface area contributed by atoms with Crippen molar-refractivity contribution in [3.05, 3.63) is 92.4 Å². The maximum Gasteiger partial charge on any atom is 0.266 e. The summed E-state index contributed by atoms with van der Waals surface area (Å²) in [6.07, 6.45) is 1.44. The number of halogens is 3. The summed E-state index contributed by atoms with van der Waals surface area (Å²) in [5.74, 6) is 0.325. The highest BCUT2D eigenvalue weighted by Gasteiger charge is 2.13. The molecule has 0 saturated heterocycles. The smallest absolute Gasteiger partial charge is 0.266 e. The van der Waals surface area contributed by atoms with Gasteiger partial charge in [0.25, 0.3) is 5.91 Å². The quantitative estimate of drug-likeness (QED) is 0.294. The van der Waals surface area contributed by atoms with E-state index in [1.54, 1.807) is 36.4 Å². The summed E-state index contributed by atoms with van der Waals surface area (Å²) >= 11 is 18.2. The first-order valence-corrected chi connectivity index (χ1v) is 10.5. The molecule has 0 atom stereocenters. The van der Waals surface area contributed by atoms with Gasteiger partial charge in [-0.15, -0.1) is 0 Å². The number of hydrogen-bond acceptors (Lipinski definition) is 4. The first-order chi connectivity index (χ1) is 15.4. The Morgan fingerprint density at radius 3 is 2.53 bits per heavy atom. The molecule has 3 aromatic carbocycles. The van der Waals surface area contributed by atoms with Crippen LogP contribution in [0.4, 0.5) is 5.69 Å². The van der Waals surface area contributed by atoms with Gasteiger partial charge in [-0.05, 0) is 48.0 Å². The van der Waals surface area contributed by atoms with Gasteiger partial charge in [0, 0.05) is 15.6 Å². The Balaban J connectivity index is 1.83. The molecule has 0 bridgehead atoms. The molecule has 0 aliphatic rings. The summed E-state index contributed by atoms with van der Waals surface area (Å²) in [5.41, 5.74) is 1.57. The molecule has 0 aliphatic carbocycles. The number of rotatable bonds is 7. The molecule has 0 aromatic heterocycles. The van der Waals surface area contributed by atoms with E-state index in [1.165, 1.54) is 19.3 Å². The third kappa shape index (κ3) is 5.95. The van der Waals surface area contributed by atoms with Gasteiger partial charge in [-0.25, -0.2) is 0 Å². The van der Waals surface area contributed by atoms with Crippen LogP contribution in [0.3, 0.4) is 0 Å². The number of carbonyl (C=O) groups is 1. The Labute approximate surface area is 200 Å². The molecule has 8 heteroatoms.